The maximum absolute atomic E-state index is 5.77. The molecule has 0 aliphatic rings. The molecule has 2 aromatic rings. The number of hydrogen-bond acceptors (Lipinski definition) is 3. The van der Waals surface area contributed by atoms with Gasteiger partial charge in [-0.3, -0.25) is 0 Å². The number of hydrogen-bond donors (Lipinski definition) is 1. The SMILES string of the molecule is CC(N)Cc1csc(Cc2ccccc2Br)n1. The van der Waals surface area contributed by atoms with Gasteiger partial charge in [0.15, 0.2) is 0 Å². The van der Waals surface area contributed by atoms with Crippen molar-refractivity contribution in [3.63, 3.8) is 0 Å². The molecule has 0 saturated carbocycles. The molecule has 0 aliphatic carbocycles. The minimum absolute atomic E-state index is 0.174. The van der Waals surface area contributed by atoms with Crippen LogP contribution in [-0.2, 0) is 12.8 Å². The molecule has 0 amide bonds. The second kappa shape index (κ2) is 5.76. The van der Waals surface area contributed by atoms with E-state index in [1.54, 1.807) is 11.3 Å². The summed E-state index contributed by atoms with van der Waals surface area (Å²) >= 11 is 5.27. The molecule has 4 heteroatoms. The Balaban J connectivity index is 2.09. The number of benzene rings is 1. The molecule has 1 unspecified atom stereocenters. The summed E-state index contributed by atoms with van der Waals surface area (Å²) in [6, 6.07) is 8.43. The Bertz CT molecular complexity index is 494. The second-order valence-corrected chi connectivity index (χ2v) is 5.98. The van der Waals surface area contributed by atoms with Crippen molar-refractivity contribution < 1.29 is 0 Å². The van der Waals surface area contributed by atoms with Crippen molar-refractivity contribution >= 4 is 27.3 Å². The highest BCUT2D eigenvalue weighted by atomic mass is 79.9. The van der Waals surface area contributed by atoms with E-state index < -0.39 is 0 Å². The van der Waals surface area contributed by atoms with Gasteiger partial charge in [0, 0.05) is 28.7 Å². The Hall–Kier alpha value is -0.710. The van der Waals surface area contributed by atoms with Crippen LogP contribution in [0.4, 0.5) is 0 Å². The van der Waals surface area contributed by atoms with Crippen LogP contribution >= 0.6 is 27.3 Å². The number of halogens is 1. The van der Waals surface area contributed by atoms with Crippen LogP contribution in [-0.4, -0.2) is 11.0 Å². The summed E-state index contributed by atoms with van der Waals surface area (Å²) < 4.78 is 1.14. The molecule has 0 bridgehead atoms. The first-order valence-corrected chi connectivity index (χ1v) is 7.24. The van der Waals surface area contributed by atoms with Crippen LogP contribution in [0.25, 0.3) is 0 Å². The molecule has 0 radical (unpaired) electrons. The van der Waals surface area contributed by atoms with Gasteiger partial charge < -0.3 is 5.73 Å². The minimum atomic E-state index is 0.174. The van der Waals surface area contributed by atoms with Crippen molar-refractivity contribution in [1.29, 1.82) is 0 Å². The molecule has 1 atom stereocenters. The van der Waals surface area contributed by atoms with Crippen LogP contribution in [0.1, 0.15) is 23.2 Å². The van der Waals surface area contributed by atoms with Crippen molar-refractivity contribution in [3.05, 3.63) is 50.4 Å². The predicted molar refractivity (Wildman–Crippen MR) is 76.4 cm³/mol. The van der Waals surface area contributed by atoms with Gasteiger partial charge in [0.2, 0.25) is 0 Å². The van der Waals surface area contributed by atoms with Gasteiger partial charge in [-0.25, -0.2) is 4.98 Å². The smallest absolute Gasteiger partial charge is 0.0972 e. The van der Waals surface area contributed by atoms with Crippen LogP contribution in [0, 0.1) is 0 Å². The molecule has 0 saturated heterocycles. The lowest BCUT2D eigenvalue weighted by molar-refractivity contribution is 0.724. The normalized spacial score (nSPS) is 12.6. The van der Waals surface area contributed by atoms with E-state index in [2.05, 4.69) is 44.5 Å². The fourth-order valence-electron chi connectivity index (χ4n) is 1.66. The molecule has 90 valence electrons. The molecule has 1 aromatic carbocycles. The van der Waals surface area contributed by atoms with E-state index in [0.717, 1.165) is 28.0 Å². The second-order valence-electron chi connectivity index (χ2n) is 4.18. The molecule has 1 aromatic heterocycles. The fourth-order valence-corrected chi connectivity index (χ4v) is 2.91. The summed E-state index contributed by atoms with van der Waals surface area (Å²) in [6.45, 7) is 2.01. The van der Waals surface area contributed by atoms with Gasteiger partial charge in [0.05, 0.1) is 10.7 Å². The van der Waals surface area contributed by atoms with Crippen molar-refractivity contribution in [3.8, 4) is 0 Å². The largest absolute Gasteiger partial charge is 0.328 e. The molecular formula is C13H15BrN2S. The van der Waals surface area contributed by atoms with Crippen LogP contribution < -0.4 is 5.73 Å². The zero-order valence-corrected chi connectivity index (χ0v) is 12.1. The fraction of sp³-hybridized carbons (Fsp3) is 0.308. The number of aromatic nitrogens is 1. The maximum atomic E-state index is 5.77. The summed E-state index contributed by atoms with van der Waals surface area (Å²) in [5.74, 6) is 0. The third kappa shape index (κ3) is 3.63. The van der Waals surface area contributed by atoms with E-state index in [-0.39, 0.29) is 6.04 Å². The number of thiazole rings is 1. The number of nitrogens with zero attached hydrogens (tertiary/aromatic N) is 1. The highest BCUT2D eigenvalue weighted by Crippen LogP contribution is 2.21. The van der Waals surface area contributed by atoms with Crippen molar-refractivity contribution in [2.75, 3.05) is 0 Å². The zero-order valence-electron chi connectivity index (χ0n) is 9.69. The summed E-state index contributed by atoms with van der Waals surface area (Å²) in [5.41, 5.74) is 8.14. The maximum Gasteiger partial charge on any atom is 0.0972 e. The summed E-state index contributed by atoms with van der Waals surface area (Å²) in [4.78, 5) is 4.60. The molecule has 1 heterocycles. The van der Waals surface area contributed by atoms with E-state index in [1.165, 1.54) is 5.56 Å². The first kappa shape index (κ1) is 12.7. The van der Waals surface area contributed by atoms with Crippen LogP contribution in [0.3, 0.4) is 0 Å². The van der Waals surface area contributed by atoms with Crippen molar-refractivity contribution in [2.45, 2.75) is 25.8 Å². The van der Waals surface area contributed by atoms with Crippen LogP contribution in [0.2, 0.25) is 0 Å². The first-order valence-electron chi connectivity index (χ1n) is 5.57. The molecule has 17 heavy (non-hydrogen) atoms. The molecule has 0 fully saturated rings. The van der Waals surface area contributed by atoms with E-state index >= 15 is 0 Å². The lowest BCUT2D eigenvalue weighted by Crippen LogP contribution is -2.17. The third-order valence-corrected chi connectivity index (χ3v) is 4.10. The predicted octanol–water partition coefficient (Wildman–Crippen LogP) is 3.39. The minimum Gasteiger partial charge on any atom is -0.328 e. The Kier molecular flexibility index (Phi) is 4.31. The molecule has 2 rings (SSSR count). The van der Waals surface area contributed by atoms with E-state index in [4.69, 9.17) is 5.73 Å². The average molecular weight is 311 g/mol. The Morgan fingerprint density at radius 3 is 2.88 bits per heavy atom. The highest BCUT2D eigenvalue weighted by molar-refractivity contribution is 9.10. The van der Waals surface area contributed by atoms with E-state index in [9.17, 15) is 0 Å². The van der Waals surface area contributed by atoms with Crippen LogP contribution in [0.15, 0.2) is 34.1 Å². The summed E-state index contributed by atoms with van der Waals surface area (Å²) in [7, 11) is 0. The molecule has 0 spiro atoms. The van der Waals surface area contributed by atoms with E-state index in [0.29, 0.717) is 0 Å². The lowest BCUT2D eigenvalue weighted by Gasteiger charge is -2.01. The molecule has 2 N–H and O–H groups in total. The lowest BCUT2D eigenvalue weighted by atomic mass is 10.1. The average Bonchev–Trinajstić information content (AvgIpc) is 2.68. The standard InChI is InChI=1S/C13H15BrN2S/c1-9(15)6-11-8-17-13(16-11)7-10-4-2-3-5-12(10)14/h2-5,8-9H,6-7,15H2,1H3. The number of nitrogens with two attached hydrogens (primary N) is 1. The Morgan fingerprint density at radius 2 is 2.18 bits per heavy atom. The summed E-state index contributed by atoms with van der Waals surface area (Å²) in [5, 5.41) is 3.25. The molecule has 0 aliphatic heterocycles. The van der Waals surface area contributed by atoms with Gasteiger partial charge in [-0.15, -0.1) is 11.3 Å². The van der Waals surface area contributed by atoms with Gasteiger partial charge in [-0.05, 0) is 18.6 Å². The number of rotatable bonds is 4. The Morgan fingerprint density at radius 1 is 1.41 bits per heavy atom. The summed E-state index contributed by atoms with van der Waals surface area (Å²) in [6.07, 6.45) is 1.73. The van der Waals surface area contributed by atoms with Crippen molar-refractivity contribution in [1.82, 2.24) is 4.98 Å². The van der Waals surface area contributed by atoms with Gasteiger partial charge >= 0.3 is 0 Å². The van der Waals surface area contributed by atoms with Crippen LogP contribution in [0.5, 0.6) is 0 Å². The third-order valence-electron chi connectivity index (χ3n) is 2.43. The monoisotopic (exact) mass is 310 g/mol. The quantitative estimate of drug-likeness (QED) is 0.940. The van der Waals surface area contributed by atoms with Gasteiger partial charge in [0.25, 0.3) is 0 Å². The van der Waals surface area contributed by atoms with Gasteiger partial charge in [-0.2, -0.15) is 0 Å². The zero-order chi connectivity index (χ0) is 12.3. The first-order chi connectivity index (χ1) is 8.15. The topological polar surface area (TPSA) is 38.9 Å². The van der Waals surface area contributed by atoms with Gasteiger partial charge in [0.1, 0.15) is 0 Å². The van der Waals surface area contributed by atoms with Gasteiger partial charge in [-0.1, -0.05) is 34.1 Å². The molecular weight excluding hydrogens is 296 g/mol. The Labute approximate surface area is 114 Å². The molecule has 2 nitrogen and oxygen atoms in total. The van der Waals surface area contributed by atoms with E-state index in [1.807, 2.05) is 13.0 Å². The highest BCUT2D eigenvalue weighted by Gasteiger charge is 2.06. The van der Waals surface area contributed by atoms with Crippen molar-refractivity contribution in [2.24, 2.45) is 5.73 Å².